The number of hydrogen-bond acceptors (Lipinski definition) is 5. The molecule has 0 heterocycles. The molecule has 4 saturated carbocycles. The van der Waals surface area contributed by atoms with Crippen molar-refractivity contribution in [1.29, 1.82) is 0 Å². The number of carbonyl (C=O) groups excluding carboxylic acids is 2. The predicted molar refractivity (Wildman–Crippen MR) is 97.7 cm³/mol. The molecule has 0 amide bonds. The SMILES string of the molecule is CC(C(=O)OC(C)(C)C)C(C)C(=O)OC12CC3CC(C1)CC(C(=O)O)(C3)C2. The molecule has 0 spiro atoms. The maximum Gasteiger partial charge on any atom is 0.310 e. The largest absolute Gasteiger partial charge is 0.481 e. The van der Waals surface area contributed by atoms with Gasteiger partial charge in [0.25, 0.3) is 0 Å². The molecule has 0 aromatic carbocycles. The number of carbonyl (C=O) groups is 3. The van der Waals surface area contributed by atoms with Crippen LogP contribution in [0.1, 0.15) is 73.1 Å². The second-order valence-corrected chi connectivity index (χ2v) is 10.3. The highest BCUT2D eigenvalue weighted by Gasteiger charge is 2.62. The van der Waals surface area contributed by atoms with Gasteiger partial charge >= 0.3 is 17.9 Å². The van der Waals surface area contributed by atoms with Gasteiger partial charge in [0.05, 0.1) is 17.3 Å². The molecule has 27 heavy (non-hydrogen) atoms. The van der Waals surface area contributed by atoms with Crippen LogP contribution in [0.2, 0.25) is 0 Å². The molecule has 1 N–H and O–H groups in total. The fourth-order valence-corrected chi connectivity index (χ4v) is 5.66. The summed E-state index contributed by atoms with van der Waals surface area (Å²) in [4.78, 5) is 37.1. The van der Waals surface area contributed by atoms with E-state index in [9.17, 15) is 19.5 Å². The Bertz CT molecular complexity index is 632. The monoisotopic (exact) mass is 380 g/mol. The van der Waals surface area contributed by atoms with Crippen molar-refractivity contribution in [2.45, 2.75) is 84.3 Å². The molecule has 4 rings (SSSR count). The molecule has 4 aliphatic carbocycles. The fourth-order valence-electron chi connectivity index (χ4n) is 5.66. The van der Waals surface area contributed by atoms with Crippen molar-refractivity contribution in [2.24, 2.45) is 29.1 Å². The van der Waals surface area contributed by atoms with Crippen molar-refractivity contribution >= 4 is 17.9 Å². The average molecular weight is 380 g/mol. The summed E-state index contributed by atoms with van der Waals surface area (Å²) in [6.45, 7) is 8.74. The molecule has 0 radical (unpaired) electrons. The first-order valence-corrected chi connectivity index (χ1v) is 10.0. The van der Waals surface area contributed by atoms with Gasteiger partial charge < -0.3 is 14.6 Å². The Kier molecular flexibility index (Phi) is 4.84. The van der Waals surface area contributed by atoms with Crippen molar-refractivity contribution in [3.05, 3.63) is 0 Å². The van der Waals surface area contributed by atoms with Crippen LogP contribution in [0.5, 0.6) is 0 Å². The average Bonchev–Trinajstić information content (AvgIpc) is 2.49. The lowest BCUT2D eigenvalue weighted by atomic mass is 9.48. The second-order valence-electron chi connectivity index (χ2n) is 10.3. The summed E-state index contributed by atoms with van der Waals surface area (Å²) in [5.74, 6) is -2.21. The van der Waals surface area contributed by atoms with Gasteiger partial charge in [-0.25, -0.2) is 0 Å². The normalized spacial score (nSPS) is 36.8. The van der Waals surface area contributed by atoms with Gasteiger partial charge in [0.15, 0.2) is 0 Å². The molecule has 4 fully saturated rings. The first kappa shape index (κ1) is 20.2. The summed E-state index contributed by atoms with van der Waals surface area (Å²) in [5.41, 5.74) is -2.03. The second kappa shape index (κ2) is 6.49. The van der Waals surface area contributed by atoms with Crippen LogP contribution in [-0.2, 0) is 23.9 Å². The maximum absolute atomic E-state index is 12.8. The van der Waals surface area contributed by atoms with Gasteiger partial charge in [-0.15, -0.1) is 0 Å². The van der Waals surface area contributed by atoms with E-state index in [4.69, 9.17) is 9.47 Å². The fraction of sp³-hybridized carbons (Fsp3) is 0.857. The third kappa shape index (κ3) is 3.85. The number of esters is 2. The number of rotatable bonds is 5. The minimum atomic E-state index is -0.757. The Balaban J connectivity index is 1.70. The Hall–Kier alpha value is -1.59. The minimum Gasteiger partial charge on any atom is -0.481 e. The summed E-state index contributed by atoms with van der Waals surface area (Å²) in [5, 5.41) is 9.80. The topological polar surface area (TPSA) is 89.9 Å². The van der Waals surface area contributed by atoms with E-state index in [1.165, 1.54) is 0 Å². The molecule has 6 nitrogen and oxygen atoms in total. The molecule has 0 saturated heterocycles. The van der Waals surface area contributed by atoms with Gasteiger partial charge in [0, 0.05) is 6.42 Å². The zero-order valence-corrected chi connectivity index (χ0v) is 17.0. The Labute approximate surface area is 161 Å². The van der Waals surface area contributed by atoms with Crippen LogP contribution in [0.4, 0.5) is 0 Å². The number of ether oxygens (including phenoxy) is 2. The predicted octanol–water partition coefficient (Wildman–Crippen LogP) is 3.57. The highest BCUT2D eigenvalue weighted by Crippen LogP contribution is 2.63. The molecular weight excluding hydrogens is 348 g/mol. The number of carboxylic acid groups (broad SMARTS) is 1. The molecular formula is C21H32O6. The van der Waals surface area contributed by atoms with Crippen molar-refractivity contribution in [3.8, 4) is 0 Å². The van der Waals surface area contributed by atoms with Crippen LogP contribution < -0.4 is 0 Å². The third-order valence-corrected chi connectivity index (χ3v) is 6.68. The van der Waals surface area contributed by atoms with Gasteiger partial charge in [0.2, 0.25) is 0 Å². The molecule has 4 aliphatic rings. The summed E-state index contributed by atoms with van der Waals surface area (Å²) < 4.78 is 11.4. The van der Waals surface area contributed by atoms with E-state index >= 15 is 0 Å². The third-order valence-electron chi connectivity index (χ3n) is 6.68. The van der Waals surface area contributed by atoms with Crippen LogP contribution in [0.25, 0.3) is 0 Å². The highest BCUT2D eigenvalue weighted by molar-refractivity contribution is 5.82. The smallest absolute Gasteiger partial charge is 0.310 e. The van der Waals surface area contributed by atoms with Gasteiger partial charge in [-0.05, 0) is 64.7 Å². The van der Waals surface area contributed by atoms with E-state index in [2.05, 4.69) is 0 Å². The van der Waals surface area contributed by atoms with Crippen molar-refractivity contribution < 1.29 is 29.0 Å². The molecule has 4 atom stereocenters. The quantitative estimate of drug-likeness (QED) is 0.734. The van der Waals surface area contributed by atoms with E-state index < -0.39 is 46.4 Å². The van der Waals surface area contributed by atoms with Crippen LogP contribution in [0.15, 0.2) is 0 Å². The lowest BCUT2D eigenvalue weighted by Gasteiger charge is -2.59. The molecule has 4 unspecified atom stereocenters. The standard InChI is InChI=1S/C21H32O6/c1-12(16(22)26-19(3,4)5)13(2)17(23)27-21-9-14-6-15(10-21)8-20(7-14,11-21)18(24)25/h12-15H,6-11H2,1-5H3,(H,24,25). The van der Waals surface area contributed by atoms with Crippen molar-refractivity contribution in [3.63, 3.8) is 0 Å². The lowest BCUT2D eigenvalue weighted by molar-refractivity contribution is -0.214. The van der Waals surface area contributed by atoms with Crippen molar-refractivity contribution in [2.75, 3.05) is 0 Å². The Morgan fingerprint density at radius 2 is 1.48 bits per heavy atom. The number of hydrogen-bond donors (Lipinski definition) is 1. The molecule has 0 aromatic heterocycles. The summed E-state index contributed by atoms with van der Waals surface area (Å²) in [7, 11) is 0. The highest BCUT2D eigenvalue weighted by atomic mass is 16.6. The van der Waals surface area contributed by atoms with E-state index in [0.717, 1.165) is 19.3 Å². The Morgan fingerprint density at radius 1 is 0.963 bits per heavy atom. The van der Waals surface area contributed by atoms with Crippen LogP contribution >= 0.6 is 0 Å². The van der Waals surface area contributed by atoms with Crippen LogP contribution in [-0.4, -0.2) is 34.2 Å². The van der Waals surface area contributed by atoms with Gasteiger partial charge in [0.1, 0.15) is 11.2 Å². The summed E-state index contributed by atoms with van der Waals surface area (Å²) in [6.07, 6.45) is 4.33. The van der Waals surface area contributed by atoms with E-state index in [-0.39, 0.29) is 0 Å². The zero-order chi connectivity index (χ0) is 20.2. The first-order chi connectivity index (χ1) is 12.3. The maximum atomic E-state index is 12.8. The zero-order valence-electron chi connectivity index (χ0n) is 17.0. The molecule has 0 aliphatic heterocycles. The van der Waals surface area contributed by atoms with Crippen LogP contribution in [0, 0.1) is 29.1 Å². The molecule has 4 bridgehead atoms. The minimum absolute atomic E-state index is 0.314. The Morgan fingerprint density at radius 3 is 1.96 bits per heavy atom. The van der Waals surface area contributed by atoms with E-state index in [1.54, 1.807) is 34.6 Å². The van der Waals surface area contributed by atoms with Gasteiger partial charge in [-0.3, -0.25) is 14.4 Å². The molecule has 152 valence electrons. The van der Waals surface area contributed by atoms with Crippen LogP contribution in [0.3, 0.4) is 0 Å². The first-order valence-electron chi connectivity index (χ1n) is 10.0. The lowest BCUT2D eigenvalue weighted by Crippen LogP contribution is -2.60. The van der Waals surface area contributed by atoms with E-state index in [1.807, 2.05) is 0 Å². The van der Waals surface area contributed by atoms with E-state index in [0.29, 0.717) is 31.1 Å². The summed E-state index contributed by atoms with van der Waals surface area (Å²) >= 11 is 0. The van der Waals surface area contributed by atoms with Crippen molar-refractivity contribution in [1.82, 2.24) is 0 Å². The molecule has 6 heteroatoms. The number of aliphatic carboxylic acids is 1. The number of carboxylic acids is 1. The van der Waals surface area contributed by atoms with Gasteiger partial charge in [-0.2, -0.15) is 0 Å². The summed E-state index contributed by atoms with van der Waals surface area (Å²) in [6, 6.07) is 0. The molecule has 0 aromatic rings. The van der Waals surface area contributed by atoms with Gasteiger partial charge in [-0.1, -0.05) is 13.8 Å².